The third kappa shape index (κ3) is 2.32. The summed E-state index contributed by atoms with van der Waals surface area (Å²) in [6.07, 6.45) is 0.910. The molecule has 0 aromatic heterocycles. The van der Waals surface area contributed by atoms with Crippen LogP contribution in [0.15, 0.2) is 35.5 Å². The summed E-state index contributed by atoms with van der Waals surface area (Å²) in [5.74, 6) is 0.827. The monoisotopic (exact) mass is 223 g/mol. The van der Waals surface area contributed by atoms with Crippen molar-refractivity contribution >= 4 is 17.3 Å². The molecule has 2 unspecified atom stereocenters. The molecule has 1 aromatic rings. The second kappa shape index (κ2) is 4.67. The lowest BCUT2D eigenvalue weighted by Gasteiger charge is -2.10. The Hall–Kier alpha value is -1.02. The molecule has 0 bridgehead atoms. The molecule has 0 N–H and O–H groups in total. The third-order valence-corrected chi connectivity index (χ3v) is 3.07. The first kappa shape index (κ1) is 10.5. The number of halogens is 1. The highest BCUT2D eigenvalue weighted by atomic mass is 35.5. The highest BCUT2D eigenvalue weighted by molar-refractivity contribution is 6.18. The molecule has 1 aromatic carbocycles. The number of benzene rings is 1. The Kier molecular flexibility index (Phi) is 3.27. The van der Waals surface area contributed by atoms with E-state index >= 15 is 0 Å². The molecule has 3 heteroatoms. The lowest BCUT2D eigenvalue weighted by molar-refractivity contribution is 0.102. The fourth-order valence-electron chi connectivity index (χ4n) is 1.72. The quantitative estimate of drug-likeness (QED) is 0.722. The standard InChI is InChI=1S/C12H14ClNO/c1-9(10-5-3-2-4-6-10)12-7-11(8-13)15-14-12/h2-6,9,11H,7-8H2,1H3. The van der Waals surface area contributed by atoms with E-state index in [1.165, 1.54) is 5.56 Å². The molecule has 2 atom stereocenters. The van der Waals surface area contributed by atoms with Crippen molar-refractivity contribution < 1.29 is 4.84 Å². The molecule has 1 aliphatic rings. The van der Waals surface area contributed by atoms with Crippen LogP contribution in [0, 0.1) is 0 Å². The predicted octanol–water partition coefficient (Wildman–Crippen LogP) is 3.17. The van der Waals surface area contributed by atoms with Crippen LogP contribution in [-0.2, 0) is 4.84 Å². The maximum atomic E-state index is 5.73. The first-order valence-electron chi connectivity index (χ1n) is 5.14. The van der Waals surface area contributed by atoms with Gasteiger partial charge in [-0.1, -0.05) is 42.4 Å². The summed E-state index contributed by atoms with van der Waals surface area (Å²) >= 11 is 5.73. The minimum Gasteiger partial charge on any atom is -0.391 e. The van der Waals surface area contributed by atoms with E-state index in [2.05, 4.69) is 24.2 Å². The van der Waals surface area contributed by atoms with Gasteiger partial charge in [0.25, 0.3) is 0 Å². The fraction of sp³-hybridized carbons (Fsp3) is 0.417. The highest BCUT2D eigenvalue weighted by Gasteiger charge is 2.24. The van der Waals surface area contributed by atoms with E-state index in [0.29, 0.717) is 11.8 Å². The fourth-order valence-corrected chi connectivity index (χ4v) is 1.89. The van der Waals surface area contributed by atoms with Gasteiger partial charge in [-0.3, -0.25) is 0 Å². The minimum absolute atomic E-state index is 0.0628. The Morgan fingerprint density at radius 3 is 2.80 bits per heavy atom. The average Bonchev–Trinajstić information content (AvgIpc) is 2.78. The van der Waals surface area contributed by atoms with Gasteiger partial charge in [0.1, 0.15) is 6.10 Å². The highest BCUT2D eigenvalue weighted by Crippen LogP contribution is 2.24. The van der Waals surface area contributed by atoms with Crippen LogP contribution in [0.2, 0.25) is 0 Å². The summed E-state index contributed by atoms with van der Waals surface area (Å²) in [6, 6.07) is 10.3. The van der Waals surface area contributed by atoms with Crippen molar-refractivity contribution in [3.8, 4) is 0 Å². The van der Waals surface area contributed by atoms with Crippen LogP contribution < -0.4 is 0 Å². The van der Waals surface area contributed by atoms with Gasteiger partial charge in [-0.05, 0) is 5.56 Å². The molecule has 0 amide bonds. The lowest BCUT2D eigenvalue weighted by atomic mass is 9.93. The van der Waals surface area contributed by atoms with Gasteiger partial charge in [-0.25, -0.2) is 0 Å². The van der Waals surface area contributed by atoms with Crippen LogP contribution in [-0.4, -0.2) is 17.7 Å². The van der Waals surface area contributed by atoms with Crippen molar-refractivity contribution in [2.45, 2.75) is 25.4 Å². The van der Waals surface area contributed by atoms with Gasteiger partial charge < -0.3 is 4.84 Å². The van der Waals surface area contributed by atoms with Gasteiger partial charge in [0.15, 0.2) is 0 Å². The van der Waals surface area contributed by atoms with E-state index in [-0.39, 0.29) is 6.10 Å². The van der Waals surface area contributed by atoms with Gasteiger partial charge >= 0.3 is 0 Å². The average molecular weight is 224 g/mol. The lowest BCUT2D eigenvalue weighted by Crippen LogP contribution is -2.13. The number of alkyl halides is 1. The Balaban J connectivity index is 2.07. The summed E-state index contributed by atoms with van der Waals surface area (Å²) in [4.78, 5) is 5.21. The molecule has 0 spiro atoms. The Morgan fingerprint density at radius 2 is 2.20 bits per heavy atom. The van der Waals surface area contributed by atoms with Crippen LogP contribution in [0.3, 0.4) is 0 Å². The number of hydrogen-bond acceptors (Lipinski definition) is 2. The van der Waals surface area contributed by atoms with Gasteiger partial charge in [0, 0.05) is 12.3 Å². The first-order chi connectivity index (χ1) is 7.31. The second-order valence-electron chi connectivity index (χ2n) is 3.80. The molecule has 1 aliphatic heterocycles. The molecule has 80 valence electrons. The van der Waals surface area contributed by atoms with E-state index in [0.717, 1.165) is 12.1 Å². The van der Waals surface area contributed by atoms with E-state index in [1.54, 1.807) is 0 Å². The van der Waals surface area contributed by atoms with Crippen LogP contribution in [0.5, 0.6) is 0 Å². The minimum atomic E-state index is 0.0628. The van der Waals surface area contributed by atoms with Crippen molar-refractivity contribution in [2.24, 2.45) is 5.16 Å². The van der Waals surface area contributed by atoms with Crippen LogP contribution >= 0.6 is 11.6 Å². The molecule has 0 saturated heterocycles. The molecular formula is C12H14ClNO. The van der Waals surface area contributed by atoms with E-state index in [4.69, 9.17) is 16.4 Å². The van der Waals surface area contributed by atoms with Gasteiger partial charge in [-0.15, -0.1) is 11.6 Å². The van der Waals surface area contributed by atoms with Crippen LogP contribution in [0.25, 0.3) is 0 Å². The zero-order valence-corrected chi connectivity index (χ0v) is 9.45. The smallest absolute Gasteiger partial charge is 0.146 e. The summed E-state index contributed by atoms with van der Waals surface area (Å²) in [7, 11) is 0. The van der Waals surface area contributed by atoms with E-state index in [9.17, 15) is 0 Å². The maximum absolute atomic E-state index is 5.73. The molecule has 0 saturated carbocycles. The summed E-state index contributed by atoms with van der Waals surface area (Å²) in [5.41, 5.74) is 2.36. The molecule has 0 aliphatic carbocycles. The summed E-state index contributed by atoms with van der Waals surface area (Å²) in [5, 5.41) is 4.10. The molecule has 0 radical (unpaired) electrons. The van der Waals surface area contributed by atoms with Crippen molar-refractivity contribution in [1.29, 1.82) is 0 Å². The van der Waals surface area contributed by atoms with Crippen molar-refractivity contribution in [1.82, 2.24) is 0 Å². The molecule has 15 heavy (non-hydrogen) atoms. The van der Waals surface area contributed by atoms with E-state index in [1.807, 2.05) is 18.2 Å². The van der Waals surface area contributed by atoms with Gasteiger partial charge in [0.2, 0.25) is 0 Å². The SMILES string of the molecule is CC(C1=NOC(CCl)C1)c1ccccc1. The predicted molar refractivity (Wildman–Crippen MR) is 62.5 cm³/mol. The van der Waals surface area contributed by atoms with Gasteiger partial charge in [0.05, 0.1) is 11.6 Å². The second-order valence-corrected chi connectivity index (χ2v) is 4.11. The van der Waals surface area contributed by atoms with Crippen LogP contribution in [0.1, 0.15) is 24.8 Å². The van der Waals surface area contributed by atoms with E-state index < -0.39 is 0 Å². The van der Waals surface area contributed by atoms with Crippen molar-refractivity contribution in [2.75, 3.05) is 5.88 Å². The Bertz CT molecular complexity index is 350. The molecule has 1 heterocycles. The summed E-state index contributed by atoms with van der Waals surface area (Å²) in [6.45, 7) is 2.15. The Labute approximate surface area is 94.9 Å². The first-order valence-corrected chi connectivity index (χ1v) is 5.68. The number of oxime groups is 1. The third-order valence-electron chi connectivity index (χ3n) is 2.73. The summed E-state index contributed by atoms with van der Waals surface area (Å²) < 4.78 is 0. The zero-order valence-electron chi connectivity index (χ0n) is 8.69. The van der Waals surface area contributed by atoms with Crippen LogP contribution in [0.4, 0.5) is 0 Å². The zero-order chi connectivity index (χ0) is 10.7. The number of rotatable bonds is 3. The largest absolute Gasteiger partial charge is 0.391 e. The molecule has 0 fully saturated rings. The molecular weight excluding hydrogens is 210 g/mol. The number of nitrogens with zero attached hydrogens (tertiary/aromatic N) is 1. The maximum Gasteiger partial charge on any atom is 0.146 e. The Morgan fingerprint density at radius 1 is 1.47 bits per heavy atom. The van der Waals surface area contributed by atoms with Gasteiger partial charge in [-0.2, -0.15) is 0 Å². The molecule has 2 nitrogen and oxygen atoms in total. The molecule has 2 rings (SSSR count). The number of hydrogen-bond donors (Lipinski definition) is 0. The van der Waals surface area contributed by atoms with Crippen molar-refractivity contribution in [3.05, 3.63) is 35.9 Å². The normalized spacial score (nSPS) is 22.0. The topological polar surface area (TPSA) is 21.6 Å². The van der Waals surface area contributed by atoms with Crippen molar-refractivity contribution in [3.63, 3.8) is 0 Å².